The van der Waals surface area contributed by atoms with Crippen LogP contribution in [0.1, 0.15) is 11.3 Å². The molecule has 2 aliphatic heterocycles. The zero-order valence-corrected chi connectivity index (χ0v) is 19.1. The van der Waals surface area contributed by atoms with E-state index in [1.807, 2.05) is 19.9 Å². The number of aromatic nitrogens is 2. The standard InChI is InChI=1S/C21H29N5O4S/c1-16-14-18(4-5-19(16)29-3)31(27,28)26-8-6-24(7-9-26)20-15-17(2)22-21(23-20)25-10-12-30-13-11-25/h4-5,14-15H,6-13H2,1-3H3. The van der Waals surface area contributed by atoms with Crippen molar-refractivity contribution in [2.24, 2.45) is 0 Å². The minimum Gasteiger partial charge on any atom is -0.496 e. The third kappa shape index (κ3) is 4.60. The molecule has 2 aromatic rings. The SMILES string of the molecule is COc1ccc(S(=O)(=O)N2CCN(c3cc(C)nc(N4CCOCC4)n3)CC2)cc1C. The topological polar surface area (TPSA) is 88.1 Å². The number of rotatable bonds is 5. The Morgan fingerprint density at radius 3 is 2.29 bits per heavy atom. The smallest absolute Gasteiger partial charge is 0.243 e. The number of sulfonamides is 1. The Labute approximate surface area is 183 Å². The molecule has 0 spiro atoms. The predicted octanol–water partition coefficient (Wildman–Crippen LogP) is 1.45. The highest BCUT2D eigenvalue weighted by Crippen LogP contribution is 2.26. The summed E-state index contributed by atoms with van der Waals surface area (Å²) in [5.74, 6) is 2.23. The molecule has 3 heterocycles. The van der Waals surface area contributed by atoms with Crippen molar-refractivity contribution in [1.82, 2.24) is 14.3 Å². The Balaban J connectivity index is 1.47. The number of benzene rings is 1. The van der Waals surface area contributed by atoms with Gasteiger partial charge >= 0.3 is 0 Å². The minimum atomic E-state index is -3.55. The highest BCUT2D eigenvalue weighted by Gasteiger charge is 2.30. The van der Waals surface area contributed by atoms with Crippen LogP contribution in [-0.2, 0) is 14.8 Å². The second kappa shape index (κ2) is 8.97. The molecule has 0 radical (unpaired) electrons. The van der Waals surface area contributed by atoms with Gasteiger partial charge in [0.2, 0.25) is 16.0 Å². The number of methoxy groups -OCH3 is 1. The number of morpholine rings is 1. The Bertz CT molecular complexity index is 1030. The third-order valence-electron chi connectivity index (χ3n) is 5.69. The largest absolute Gasteiger partial charge is 0.496 e. The van der Waals surface area contributed by atoms with E-state index < -0.39 is 10.0 Å². The summed E-state index contributed by atoms with van der Waals surface area (Å²) in [5.41, 5.74) is 1.70. The van der Waals surface area contributed by atoms with Gasteiger partial charge in [-0.05, 0) is 37.6 Å². The summed E-state index contributed by atoms with van der Waals surface area (Å²) in [6.45, 7) is 8.67. The van der Waals surface area contributed by atoms with Crippen molar-refractivity contribution < 1.29 is 17.9 Å². The number of aryl methyl sites for hydroxylation is 2. The summed E-state index contributed by atoms with van der Waals surface area (Å²) >= 11 is 0. The molecule has 0 aliphatic carbocycles. The van der Waals surface area contributed by atoms with Crippen LogP contribution >= 0.6 is 0 Å². The zero-order valence-electron chi connectivity index (χ0n) is 18.2. The third-order valence-corrected chi connectivity index (χ3v) is 7.58. The van der Waals surface area contributed by atoms with Crippen LogP contribution in [0.25, 0.3) is 0 Å². The van der Waals surface area contributed by atoms with Gasteiger partial charge in [-0.15, -0.1) is 0 Å². The Kier molecular flexibility index (Phi) is 6.31. The maximum atomic E-state index is 13.1. The molecule has 4 rings (SSSR count). The van der Waals surface area contributed by atoms with E-state index in [1.165, 1.54) is 0 Å². The molecule has 0 bridgehead atoms. The zero-order chi connectivity index (χ0) is 22.0. The average Bonchev–Trinajstić information content (AvgIpc) is 2.79. The maximum absolute atomic E-state index is 13.1. The molecule has 2 saturated heterocycles. The van der Waals surface area contributed by atoms with Gasteiger partial charge in [-0.25, -0.2) is 13.4 Å². The maximum Gasteiger partial charge on any atom is 0.243 e. The van der Waals surface area contributed by atoms with Crippen LogP contribution in [0.3, 0.4) is 0 Å². The van der Waals surface area contributed by atoms with Gasteiger partial charge in [0.05, 0.1) is 25.2 Å². The van der Waals surface area contributed by atoms with Crippen LogP contribution < -0.4 is 14.5 Å². The van der Waals surface area contributed by atoms with E-state index in [0.717, 1.165) is 30.2 Å². The second-order valence-electron chi connectivity index (χ2n) is 7.79. The summed E-state index contributed by atoms with van der Waals surface area (Å²) in [4.78, 5) is 13.9. The summed E-state index contributed by atoms with van der Waals surface area (Å²) in [6, 6.07) is 6.94. The summed E-state index contributed by atoms with van der Waals surface area (Å²) in [6.07, 6.45) is 0. The first-order valence-electron chi connectivity index (χ1n) is 10.5. The lowest BCUT2D eigenvalue weighted by Crippen LogP contribution is -2.49. The van der Waals surface area contributed by atoms with Crippen LogP contribution in [0, 0.1) is 13.8 Å². The lowest BCUT2D eigenvalue weighted by atomic mass is 10.2. The fourth-order valence-corrected chi connectivity index (χ4v) is 5.43. The summed E-state index contributed by atoms with van der Waals surface area (Å²) < 4.78 is 38.5. The van der Waals surface area contributed by atoms with E-state index in [1.54, 1.807) is 29.6 Å². The number of hydrogen-bond donors (Lipinski definition) is 0. The van der Waals surface area contributed by atoms with Crippen molar-refractivity contribution in [2.45, 2.75) is 18.7 Å². The number of ether oxygens (including phenoxy) is 2. The summed E-state index contributed by atoms with van der Waals surface area (Å²) in [7, 11) is -1.97. The number of anilines is 2. The predicted molar refractivity (Wildman–Crippen MR) is 119 cm³/mol. The first-order chi connectivity index (χ1) is 14.9. The molecule has 0 saturated carbocycles. The van der Waals surface area contributed by atoms with Crippen molar-refractivity contribution in [1.29, 1.82) is 0 Å². The van der Waals surface area contributed by atoms with Crippen LogP contribution in [0.2, 0.25) is 0 Å². The fraction of sp³-hybridized carbons (Fsp3) is 0.524. The van der Waals surface area contributed by atoms with Gasteiger partial charge in [-0.3, -0.25) is 0 Å². The molecule has 1 aromatic heterocycles. The van der Waals surface area contributed by atoms with Gasteiger partial charge in [-0.1, -0.05) is 0 Å². The molecule has 9 nitrogen and oxygen atoms in total. The quantitative estimate of drug-likeness (QED) is 0.681. The lowest BCUT2D eigenvalue weighted by molar-refractivity contribution is 0.122. The van der Waals surface area contributed by atoms with E-state index in [9.17, 15) is 8.42 Å². The Hall–Kier alpha value is -2.43. The van der Waals surface area contributed by atoms with E-state index in [0.29, 0.717) is 56.0 Å². The molecule has 10 heteroatoms. The molecule has 31 heavy (non-hydrogen) atoms. The highest BCUT2D eigenvalue weighted by molar-refractivity contribution is 7.89. The van der Waals surface area contributed by atoms with Crippen molar-refractivity contribution in [3.8, 4) is 5.75 Å². The summed E-state index contributed by atoms with van der Waals surface area (Å²) in [5, 5.41) is 0. The molecule has 0 amide bonds. The van der Waals surface area contributed by atoms with Gasteiger partial charge in [0.15, 0.2) is 0 Å². The number of nitrogens with zero attached hydrogens (tertiary/aromatic N) is 5. The molecule has 168 valence electrons. The highest BCUT2D eigenvalue weighted by atomic mass is 32.2. The van der Waals surface area contributed by atoms with E-state index in [4.69, 9.17) is 14.5 Å². The first kappa shape index (κ1) is 21.8. The molecule has 1 aromatic carbocycles. The van der Waals surface area contributed by atoms with Crippen molar-refractivity contribution in [3.05, 3.63) is 35.5 Å². The van der Waals surface area contributed by atoms with Crippen molar-refractivity contribution in [2.75, 3.05) is 69.4 Å². The van der Waals surface area contributed by atoms with Crippen LogP contribution in [0.4, 0.5) is 11.8 Å². The molecule has 2 fully saturated rings. The van der Waals surface area contributed by atoms with Gasteiger partial charge < -0.3 is 19.3 Å². The molecular weight excluding hydrogens is 418 g/mol. The van der Waals surface area contributed by atoms with Gasteiger partial charge in [0, 0.05) is 51.0 Å². The van der Waals surface area contributed by atoms with Crippen LogP contribution in [0.5, 0.6) is 5.75 Å². The second-order valence-corrected chi connectivity index (χ2v) is 9.73. The molecule has 0 atom stereocenters. The fourth-order valence-electron chi connectivity index (χ4n) is 3.92. The van der Waals surface area contributed by atoms with Crippen LogP contribution in [0.15, 0.2) is 29.2 Å². The van der Waals surface area contributed by atoms with Gasteiger partial charge in [-0.2, -0.15) is 9.29 Å². The Morgan fingerprint density at radius 2 is 1.65 bits per heavy atom. The van der Waals surface area contributed by atoms with Gasteiger partial charge in [0.25, 0.3) is 0 Å². The molecular formula is C21H29N5O4S. The Morgan fingerprint density at radius 1 is 0.935 bits per heavy atom. The minimum absolute atomic E-state index is 0.298. The number of piperazine rings is 1. The molecule has 0 unspecified atom stereocenters. The van der Waals surface area contributed by atoms with Crippen LogP contribution in [-0.4, -0.2) is 82.3 Å². The average molecular weight is 448 g/mol. The van der Waals surface area contributed by atoms with E-state index in [-0.39, 0.29) is 0 Å². The molecule has 0 N–H and O–H groups in total. The van der Waals surface area contributed by atoms with E-state index in [2.05, 4.69) is 14.8 Å². The van der Waals surface area contributed by atoms with Crippen molar-refractivity contribution >= 4 is 21.8 Å². The first-order valence-corrected chi connectivity index (χ1v) is 11.9. The normalized spacial score (nSPS) is 18.3. The van der Waals surface area contributed by atoms with Gasteiger partial charge in [0.1, 0.15) is 11.6 Å². The number of hydrogen-bond acceptors (Lipinski definition) is 8. The monoisotopic (exact) mass is 447 g/mol. The van der Waals surface area contributed by atoms with E-state index >= 15 is 0 Å². The lowest BCUT2D eigenvalue weighted by Gasteiger charge is -2.35. The molecule has 2 aliphatic rings. The van der Waals surface area contributed by atoms with Crippen molar-refractivity contribution in [3.63, 3.8) is 0 Å².